The lowest BCUT2D eigenvalue weighted by molar-refractivity contribution is 0.208. The molecule has 20 heavy (non-hydrogen) atoms. The molecule has 108 valence electrons. The van der Waals surface area contributed by atoms with Gasteiger partial charge in [0.1, 0.15) is 5.69 Å². The van der Waals surface area contributed by atoms with Crippen LogP contribution in [0.4, 0.5) is 0 Å². The molecule has 0 amide bonds. The molecule has 0 spiro atoms. The lowest BCUT2D eigenvalue weighted by Gasteiger charge is -2.17. The van der Waals surface area contributed by atoms with Crippen LogP contribution in [0.1, 0.15) is 24.7 Å². The number of benzene rings is 1. The minimum absolute atomic E-state index is 0.224. The Kier molecular flexibility index (Phi) is 5.32. The zero-order valence-corrected chi connectivity index (χ0v) is 12.2. The summed E-state index contributed by atoms with van der Waals surface area (Å²) in [5.74, 6) is 0.861. The molecule has 4 nitrogen and oxygen atoms in total. The number of rotatable bonds is 7. The number of hydrogen-bond acceptors (Lipinski definition) is 4. The predicted octanol–water partition coefficient (Wildman–Crippen LogP) is 2.85. The molecule has 0 atom stereocenters. The molecular formula is C16H22N2O2. The number of hydrogen-bond donors (Lipinski definition) is 1. The molecule has 1 N–H and O–H groups in total. The quantitative estimate of drug-likeness (QED) is 0.843. The smallest absolute Gasteiger partial charge is 0.151 e. The molecule has 4 heteroatoms. The van der Waals surface area contributed by atoms with Crippen molar-refractivity contribution in [3.8, 4) is 11.3 Å². The van der Waals surface area contributed by atoms with Gasteiger partial charge in [0.15, 0.2) is 5.76 Å². The van der Waals surface area contributed by atoms with E-state index in [1.54, 1.807) is 0 Å². The normalized spacial score (nSPS) is 11.2. The minimum atomic E-state index is 0.224. The summed E-state index contributed by atoms with van der Waals surface area (Å²) in [7, 11) is 0. The van der Waals surface area contributed by atoms with Gasteiger partial charge >= 0.3 is 0 Å². The number of aliphatic hydroxyl groups excluding tert-OH is 1. The van der Waals surface area contributed by atoms with Crippen LogP contribution in [0.5, 0.6) is 0 Å². The van der Waals surface area contributed by atoms with Gasteiger partial charge < -0.3 is 9.63 Å². The Morgan fingerprint density at radius 1 is 1.25 bits per heavy atom. The third-order valence-corrected chi connectivity index (χ3v) is 3.37. The van der Waals surface area contributed by atoms with E-state index >= 15 is 0 Å². The fraction of sp³-hybridized carbons (Fsp3) is 0.438. The zero-order valence-electron chi connectivity index (χ0n) is 12.2. The standard InChI is InChI=1S/C16H22N2O2/c1-3-18(9-4-10-19)12-15-11-16(17-20-15)14-7-5-13(2)6-8-14/h5-8,11,19H,3-4,9-10,12H2,1-2H3. The first kappa shape index (κ1) is 14.8. The highest BCUT2D eigenvalue weighted by atomic mass is 16.5. The summed E-state index contributed by atoms with van der Waals surface area (Å²) in [6.45, 7) is 6.93. The van der Waals surface area contributed by atoms with Crippen molar-refractivity contribution in [2.75, 3.05) is 19.7 Å². The van der Waals surface area contributed by atoms with Gasteiger partial charge in [-0.3, -0.25) is 4.90 Å². The van der Waals surface area contributed by atoms with Gasteiger partial charge in [0, 0.05) is 24.8 Å². The lowest BCUT2D eigenvalue weighted by Crippen LogP contribution is -2.24. The van der Waals surface area contributed by atoms with E-state index in [2.05, 4.69) is 48.2 Å². The monoisotopic (exact) mass is 274 g/mol. The van der Waals surface area contributed by atoms with Gasteiger partial charge in [0.25, 0.3) is 0 Å². The Morgan fingerprint density at radius 2 is 2.00 bits per heavy atom. The second-order valence-corrected chi connectivity index (χ2v) is 4.99. The third kappa shape index (κ3) is 3.92. The highest BCUT2D eigenvalue weighted by Gasteiger charge is 2.10. The van der Waals surface area contributed by atoms with Crippen LogP contribution in [0.15, 0.2) is 34.9 Å². The molecule has 0 saturated carbocycles. The van der Waals surface area contributed by atoms with E-state index < -0.39 is 0 Å². The van der Waals surface area contributed by atoms with Crippen LogP contribution in [0.25, 0.3) is 11.3 Å². The molecule has 0 aliphatic heterocycles. The molecule has 0 radical (unpaired) electrons. The van der Waals surface area contributed by atoms with Gasteiger partial charge in [-0.05, 0) is 19.9 Å². The van der Waals surface area contributed by atoms with Crippen LogP contribution >= 0.6 is 0 Å². The van der Waals surface area contributed by atoms with Crippen molar-refractivity contribution in [3.63, 3.8) is 0 Å². The van der Waals surface area contributed by atoms with Crippen LogP contribution in [-0.2, 0) is 6.54 Å². The molecule has 2 aromatic rings. The van der Waals surface area contributed by atoms with Crippen LogP contribution in [0.3, 0.4) is 0 Å². The fourth-order valence-corrected chi connectivity index (χ4v) is 2.11. The molecule has 1 aromatic heterocycles. The third-order valence-electron chi connectivity index (χ3n) is 3.37. The number of aromatic nitrogens is 1. The predicted molar refractivity (Wildman–Crippen MR) is 79.3 cm³/mol. The second kappa shape index (κ2) is 7.22. The molecule has 0 aliphatic carbocycles. The van der Waals surface area contributed by atoms with Crippen molar-refractivity contribution < 1.29 is 9.63 Å². The molecular weight excluding hydrogens is 252 g/mol. The molecule has 0 aliphatic rings. The molecule has 0 unspecified atom stereocenters. The van der Waals surface area contributed by atoms with Crippen LogP contribution < -0.4 is 0 Å². The first-order valence-corrected chi connectivity index (χ1v) is 7.08. The van der Waals surface area contributed by atoms with Gasteiger partial charge in [-0.25, -0.2) is 0 Å². The van der Waals surface area contributed by atoms with Crippen molar-refractivity contribution in [3.05, 3.63) is 41.7 Å². The highest BCUT2D eigenvalue weighted by molar-refractivity contribution is 5.59. The van der Waals surface area contributed by atoms with E-state index in [0.29, 0.717) is 0 Å². The maximum Gasteiger partial charge on any atom is 0.151 e. The van der Waals surface area contributed by atoms with E-state index in [1.807, 2.05) is 6.07 Å². The Labute approximate surface area is 120 Å². The number of aliphatic hydroxyl groups is 1. The van der Waals surface area contributed by atoms with Gasteiger partial charge in [0.05, 0.1) is 6.54 Å². The summed E-state index contributed by atoms with van der Waals surface area (Å²) in [6.07, 6.45) is 0.785. The molecule has 0 bridgehead atoms. The van der Waals surface area contributed by atoms with Gasteiger partial charge in [-0.15, -0.1) is 0 Å². The van der Waals surface area contributed by atoms with Gasteiger partial charge in [0.2, 0.25) is 0 Å². The second-order valence-electron chi connectivity index (χ2n) is 4.99. The minimum Gasteiger partial charge on any atom is -0.396 e. The van der Waals surface area contributed by atoms with E-state index in [4.69, 9.17) is 9.63 Å². The molecule has 0 fully saturated rings. The van der Waals surface area contributed by atoms with Crippen molar-refractivity contribution in [2.24, 2.45) is 0 Å². The lowest BCUT2D eigenvalue weighted by atomic mass is 10.1. The maximum atomic E-state index is 8.89. The van der Waals surface area contributed by atoms with Crippen LogP contribution in [0, 0.1) is 6.92 Å². The van der Waals surface area contributed by atoms with Gasteiger partial charge in [-0.2, -0.15) is 0 Å². The van der Waals surface area contributed by atoms with Crippen molar-refractivity contribution in [2.45, 2.75) is 26.8 Å². The Bertz CT molecular complexity index is 520. The van der Waals surface area contributed by atoms with E-state index in [1.165, 1.54) is 5.56 Å². The van der Waals surface area contributed by atoms with Crippen LogP contribution in [-0.4, -0.2) is 34.9 Å². The molecule has 2 rings (SSSR count). The molecule has 1 aromatic carbocycles. The summed E-state index contributed by atoms with van der Waals surface area (Å²) in [6, 6.07) is 10.2. The summed E-state index contributed by atoms with van der Waals surface area (Å²) in [5, 5.41) is 13.0. The van der Waals surface area contributed by atoms with Crippen molar-refractivity contribution in [1.82, 2.24) is 10.1 Å². The van der Waals surface area contributed by atoms with E-state index in [-0.39, 0.29) is 6.61 Å². The van der Waals surface area contributed by atoms with Crippen molar-refractivity contribution >= 4 is 0 Å². The fourth-order valence-electron chi connectivity index (χ4n) is 2.11. The first-order valence-electron chi connectivity index (χ1n) is 7.08. The Balaban J connectivity index is 2.02. The Hall–Kier alpha value is -1.65. The largest absolute Gasteiger partial charge is 0.396 e. The van der Waals surface area contributed by atoms with E-state index in [9.17, 15) is 0 Å². The maximum absolute atomic E-state index is 8.89. The number of nitrogens with zero attached hydrogens (tertiary/aromatic N) is 2. The summed E-state index contributed by atoms with van der Waals surface area (Å²) >= 11 is 0. The summed E-state index contributed by atoms with van der Waals surface area (Å²) in [5.41, 5.74) is 3.18. The van der Waals surface area contributed by atoms with E-state index in [0.717, 1.165) is 43.1 Å². The van der Waals surface area contributed by atoms with Crippen LogP contribution in [0.2, 0.25) is 0 Å². The zero-order chi connectivity index (χ0) is 14.4. The van der Waals surface area contributed by atoms with Gasteiger partial charge in [-0.1, -0.05) is 41.9 Å². The summed E-state index contributed by atoms with van der Waals surface area (Å²) in [4.78, 5) is 2.23. The number of aryl methyl sites for hydroxylation is 1. The first-order chi connectivity index (χ1) is 9.72. The topological polar surface area (TPSA) is 49.5 Å². The SMILES string of the molecule is CCN(CCCO)Cc1cc(-c2ccc(C)cc2)no1. The molecule has 1 heterocycles. The average Bonchev–Trinajstić information content (AvgIpc) is 2.92. The summed E-state index contributed by atoms with van der Waals surface area (Å²) < 4.78 is 5.41. The average molecular weight is 274 g/mol. The molecule has 0 saturated heterocycles. The van der Waals surface area contributed by atoms with Crippen molar-refractivity contribution in [1.29, 1.82) is 0 Å². The Morgan fingerprint density at radius 3 is 2.65 bits per heavy atom. The highest BCUT2D eigenvalue weighted by Crippen LogP contribution is 2.20.